The minimum atomic E-state index is -0.207. The molecule has 0 bridgehead atoms. The first kappa shape index (κ1) is 23.3. The van der Waals surface area contributed by atoms with Crippen LogP contribution in [0.4, 0.5) is 10.8 Å². The van der Waals surface area contributed by atoms with Gasteiger partial charge in [0.15, 0.2) is 5.13 Å². The maximum Gasteiger partial charge on any atom is 0.273 e. The molecule has 1 aromatic heterocycles. The van der Waals surface area contributed by atoms with Gasteiger partial charge in [0.25, 0.3) is 5.91 Å². The van der Waals surface area contributed by atoms with Crippen LogP contribution in [0.2, 0.25) is 0 Å². The number of ether oxygens (including phenoxy) is 1. The molecule has 1 heterocycles. The summed E-state index contributed by atoms with van der Waals surface area (Å²) >= 11 is 1.35. The maximum absolute atomic E-state index is 13.3. The molecule has 2 N–H and O–H groups in total. The zero-order valence-corrected chi connectivity index (χ0v) is 19.2. The van der Waals surface area contributed by atoms with Crippen LogP contribution in [0.1, 0.15) is 35.8 Å². The third-order valence-electron chi connectivity index (χ3n) is 4.76. The third-order valence-corrected chi connectivity index (χ3v) is 5.51. The number of amides is 2. The van der Waals surface area contributed by atoms with Crippen LogP contribution in [0.5, 0.6) is 5.75 Å². The molecule has 2 aromatic carbocycles. The quantitative estimate of drug-likeness (QED) is 0.449. The molecule has 0 atom stereocenters. The molecule has 3 aromatic rings. The van der Waals surface area contributed by atoms with Crippen LogP contribution in [0, 0.1) is 0 Å². The van der Waals surface area contributed by atoms with Gasteiger partial charge in [-0.25, -0.2) is 4.98 Å². The average molecular weight is 453 g/mol. The number of para-hydroxylation sites is 2. The van der Waals surface area contributed by atoms with Crippen LogP contribution in [-0.2, 0) is 11.3 Å². The predicted molar refractivity (Wildman–Crippen MR) is 127 cm³/mol. The molecule has 0 saturated carbocycles. The van der Waals surface area contributed by atoms with Crippen molar-refractivity contribution in [3.63, 3.8) is 0 Å². The van der Waals surface area contributed by atoms with Crippen molar-refractivity contribution in [2.45, 2.75) is 26.3 Å². The van der Waals surface area contributed by atoms with E-state index in [0.29, 0.717) is 36.2 Å². The van der Waals surface area contributed by atoms with Crippen molar-refractivity contribution in [1.29, 1.82) is 0 Å². The lowest BCUT2D eigenvalue weighted by atomic mass is 10.2. The molecule has 0 aliphatic carbocycles. The topological polar surface area (TPSA) is 83.6 Å². The van der Waals surface area contributed by atoms with Crippen molar-refractivity contribution in [3.8, 4) is 5.75 Å². The first-order valence-electron chi connectivity index (χ1n) is 10.6. The number of methoxy groups -OCH3 is 1. The Morgan fingerprint density at radius 3 is 2.59 bits per heavy atom. The van der Waals surface area contributed by atoms with Crippen LogP contribution in [0.3, 0.4) is 0 Å². The second-order valence-electron chi connectivity index (χ2n) is 7.18. The molecule has 0 unspecified atom stereocenters. The standard InChI is InChI=1S/C24H28N4O3S/c1-3-14-25-22(29)13-15-28(16-18-9-5-4-6-10-18)23(30)20-17-32-24(27-20)26-19-11-7-8-12-21(19)31-2/h4-12,17H,3,13-16H2,1-2H3,(H,25,29)(H,26,27). The molecule has 0 radical (unpaired) electrons. The van der Waals surface area contributed by atoms with Gasteiger partial charge in [0.2, 0.25) is 5.91 Å². The summed E-state index contributed by atoms with van der Waals surface area (Å²) in [6.07, 6.45) is 1.12. The summed E-state index contributed by atoms with van der Waals surface area (Å²) in [5.74, 6) is 0.426. The van der Waals surface area contributed by atoms with Gasteiger partial charge in [-0.05, 0) is 24.1 Å². The van der Waals surface area contributed by atoms with E-state index in [9.17, 15) is 9.59 Å². The molecule has 0 aliphatic heterocycles. The maximum atomic E-state index is 13.3. The number of anilines is 2. The smallest absolute Gasteiger partial charge is 0.273 e. The molecule has 0 fully saturated rings. The highest BCUT2D eigenvalue weighted by atomic mass is 32.1. The van der Waals surface area contributed by atoms with Gasteiger partial charge in [-0.15, -0.1) is 11.3 Å². The molecule has 0 aliphatic rings. The van der Waals surface area contributed by atoms with E-state index in [4.69, 9.17) is 4.74 Å². The minimum Gasteiger partial charge on any atom is -0.495 e. The fourth-order valence-electron chi connectivity index (χ4n) is 3.10. The van der Waals surface area contributed by atoms with Crippen LogP contribution in [0.15, 0.2) is 60.0 Å². The highest BCUT2D eigenvalue weighted by Gasteiger charge is 2.20. The monoisotopic (exact) mass is 452 g/mol. The number of carbonyl (C=O) groups excluding carboxylic acids is 2. The number of rotatable bonds is 11. The van der Waals surface area contributed by atoms with Gasteiger partial charge in [-0.3, -0.25) is 9.59 Å². The van der Waals surface area contributed by atoms with Gasteiger partial charge < -0.3 is 20.3 Å². The van der Waals surface area contributed by atoms with Gasteiger partial charge in [0.05, 0.1) is 12.8 Å². The van der Waals surface area contributed by atoms with Gasteiger partial charge in [0.1, 0.15) is 11.4 Å². The SMILES string of the molecule is CCCNC(=O)CCN(Cc1ccccc1)C(=O)c1csc(Nc2ccccc2OC)n1. The molecular weight excluding hydrogens is 424 g/mol. The summed E-state index contributed by atoms with van der Waals surface area (Å²) in [5, 5.41) is 8.40. The molecule has 32 heavy (non-hydrogen) atoms. The van der Waals surface area contributed by atoms with Crippen LogP contribution in [-0.4, -0.2) is 41.9 Å². The number of nitrogens with zero attached hydrogens (tertiary/aromatic N) is 2. The van der Waals surface area contributed by atoms with E-state index in [1.807, 2.05) is 61.5 Å². The van der Waals surface area contributed by atoms with Gasteiger partial charge in [-0.2, -0.15) is 0 Å². The molecule has 3 rings (SSSR count). The summed E-state index contributed by atoms with van der Waals surface area (Å²) in [6.45, 7) is 3.36. The fraction of sp³-hybridized carbons (Fsp3) is 0.292. The number of hydrogen-bond donors (Lipinski definition) is 2. The predicted octanol–water partition coefficient (Wildman–Crippen LogP) is 4.45. The number of hydrogen-bond acceptors (Lipinski definition) is 6. The normalized spacial score (nSPS) is 10.4. The molecule has 7 nitrogen and oxygen atoms in total. The van der Waals surface area contributed by atoms with E-state index in [1.54, 1.807) is 17.4 Å². The van der Waals surface area contributed by atoms with Gasteiger partial charge >= 0.3 is 0 Å². The van der Waals surface area contributed by atoms with E-state index in [1.165, 1.54) is 11.3 Å². The van der Waals surface area contributed by atoms with Crippen molar-refractivity contribution in [3.05, 3.63) is 71.2 Å². The van der Waals surface area contributed by atoms with E-state index in [2.05, 4.69) is 15.6 Å². The van der Waals surface area contributed by atoms with E-state index in [-0.39, 0.29) is 18.2 Å². The van der Waals surface area contributed by atoms with Crippen LogP contribution < -0.4 is 15.4 Å². The first-order valence-corrected chi connectivity index (χ1v) is 11.4. The molecule has 0 spiro atoms. The Morgan fingerprint density at radius 1 is 1.09 bits per heavy atom. The number of nitrogens with one attached hydrogen (secondary N) is 2. The van der Waals surface area contributed by atoms with Crippen molar-refractivity contribution < 1.29 is 14.3 Å². The van der Waals surface area contributed by atoms with Gasteiger partial charge in [0, 0.05) is 31.4 Å². The average Bonchev–Trinajstić information content (AvgIpc) is 3.29. The molecular formula is C24H28N4O3S. The second kappa shape index (κ2) is 11.9. The van der Waals surface area contributed by atoms with E-state index < -0.39 is 0 Å². The summed E-state index contributed by atoms with van der Waals surface area (Å²) in [5.41, 5.74) is 2.12. The minimum absolute atomic E-state index is 0.0606. The number of carbonyl (C=O) groups is 2. The number of thiazole rings is 1. The summed E-state index contributed by atoms with van der Waals surface area (Å²) < 4.78 is 5.36. The highest BCUT2D eigenvalue weighted by molar-refractivity contribution is 7.14. The zero-order chi connectivity index (χ0) is 22.8. The summed E-state index contributed by atoms with van der Waals surface area (Å²) in [6, 6.07) is 17.3. The van der Waals surface area contributed by atoms with Crippen molar-refractivity contribution in [1.82, 2.24) is 15.2 Å². The molecule has 2 amide bonds. The lowest BCUT2D eigenvalue weighted by Gasteiger charge is -2.22. The molecule has 8 heteroatoms. The summed E-state index contributed by atoms with van der Waals surface area (Å²) in [4.78, 5) is 31.5. The Bertz CT molecular complexity index is 1020. The third kappa shape index (κ3) is 6.55. The molecule has 168 valence electrons. The Morgan fingerprint density at radius 2 is 1.84 bits per heavy atom. The van der Waals surface area contributed by atoms with Crippen molar-refractivity contribution >= 4 is 34.0 Å². The fourth-order valence-corrected chi connectivity index (χ4v) is 3.80. The van der Waals surface area contributed by atoms with E-state index >= 15 is 0 Å². The van der Waals surface area contributed by atoms with Crippen molar-refractivity contribution in [2.75, 3.05) is 25.5 Å². The lowest BCUT2D eigenvalue weighted by molar-refractivity contribution is -0.121. The highest BCUT2D eigenvalue weighted by Crippen LogP contribution is 2.29. The second-order valence-corrected chi connectivity index (χ2v) is 8.03. The number of benzene rings is 2. The van der Waals surface area contributed by atoms with Crippen LogP contribution in [0.25, 0.3) is 0 Å². The Balaban J connectivity index is 1.72. The summed E-state index contributed by atoms with van der Waals surface area (Å²) in [7, 11) is 1.61. The Hall–Kier alpha value is -3.39. The first-order chi connectivity index (χ1) is 15.6. The lowest BCUT2D eigenvalue weighted by Crippen LogP contribution is -2.35. The Kier molecular flexibility index (Phi) is 8.62. The zero-order valence-electron chi connectivity index (χ0n) is 18.3. The Labute approximate surface area is 192 Å². The largest absolute Gasteiger partial charge is 0.495 e. The van der Waals surface area contributed by atoms with Crippen molar-refractivity contribution in [2.24, 2.45) is 0 Å². The van der Waals surface area contributed by atoms with Gasteiger partial charge in [-0.1, -0.05) is 49.4 Å². The number of aromatic nitrogens is 1. The van der Waals surface area contributed by atoms with E-state index in [0.717, 1.165) is 17.7 Å². The molecule has 0 saturated heterocycles. The van der Waals surface area contributed by atoms with Crippen LogP contribution >= 0.6 is 11.3 Å².